The van der Waals surface area contributed by atoms with E-state index in [1.807, 2.05) is 26.8 Å². The molecule has 1 N–H and O–H groups in total. The first-order valence-electron chi connectivity index (χ1n) is 12.5. The Morgan fingerprint density at radius 3 is 2.46 bits per heavy atom. The van der Waals surface area contributed by atoms with E-state index in [0.29, 0.717) is 54.3 Å². The number of carbonyl (C=O) groups is 2. The van der Waals surface area contributed by atoms with E-state index in [9.17, 15) is 9.59 Å². The second-order valence-corrected chi connectivity index (χ2v) is 10.4. The highest BCUT2D eigenvalue weighted by molar-refractivity contribution is 6.29. The van der Waals surface area contributed by atoms with Gasteiger partial charge in [0.2, 0.25) is 11.8 Å². The Morgan fingerprint density at radius 2 is 1.79 bits per heavy atom. The first-order chi connectivity index (χ1) is 18.6. The SMILES string of the molecule is COc1ncc(-c2cc(Cl)nc(-c3cccc(NC(=O)C4CCN(C(=O)OC(C)(C)C)CC4)c3)n2)c(OC)n1. The molecule has 11 nitrogen and oxygen atoms in total. The summed E-state index contributed by atoms with van der Waals surface area (Å²) in [5, 5.41) is 3.20. The summed E-state index contributed by atoms with van der Waals surface area (Å²) < 4.78 is 15.9. The number of benzene rings is 1. The molecule has 0 radical (unpaired) electrons. The van der Waals surface area contributed by atoms with Crippen molar-refractivity contribution < 1.29 is 23.8 Å². The maximum absolute atomic E-state index is 13.0. The molecule has 2 aromatic heterocycles. The molecule has 0 bridgehead atoms. The lowest BCUT2D eigenvalue weighted by Crippen LogP contribution is -2.43. The van der Waals surface area contributed by atoms with Crippen molar-refractivity contribution in [1.82, 2.24) is 24.8 Å². The fourth-order valence-electron chi connectivity index (χ4n) is 4.10. The third-order valence-electron chi connectivity index (χ3n) is 5.98. The van der Waals surface area contributed by atoms with E-state index < -0.39 is 5.60 Å². The molecule has 0 saturated carbocycles. The van der Waals surface area contributed by atoms with Crippen LogP contribution in [0.2, 0.25) is 5.15 Å². The van der Waals surface area contributed by atoms with Gasteiger partial charge in [-0.2, -0.15) is 4.98 Å². The number of likely N-dealkylation sites (tertiary alicyclic amines) is 1. The van der Waals surface area contributed by atoms with Crippen LogP contribution in [0.15, 0.2) is 36.5 Å². The molecule has 206 valence electrons. The number of aromatic nitrogens is 4. The molecule has 1 aromatic carbocycles. The Hall–Kier alpha value is -3.99. The maximum Gasteiger partial charge on any atom is 0.410 e. The molecule has 0 unspecified atom stereocenters. The number of ether oxygens (including phenoxy) is 3. The van der Waals surface area contributed by atoms with Gasteiger partial charge in [-0.3, -0.25) is 4.79 Å². The van der Waals surface area contributed by atoms with E-state index in [0.717, 1.165) is 0 Å². The van der Waals surface area contributed by atoms with Crippen molar-refractivity contribution in [2.24, 2.45) is 5.92 Å². The number of nitrogens with zero attached hydrogens (tertiary/aromatic N) is 5. The number of rotatable bonds is 6. The molecule has 1 saturated heterocycles. The van der Waals surface area contributed by atoms with E-state index in [-0.39, 0.29) is 35.0 Å². The fraction of sp³-hybridized carbons (Fsp3) is 0.407. The molecule has 4 rings (SSSR count). The van der Waals surface area contributed by atoms with E-state index in [1.165, 1.54) is 20.4 Å². The topological polar surface area (TPSA) is 129 Å². The molecule has 0 atom stereocenters. The summed E-state index contributed by atoms with van der Waals surface area (Å²) in [6.07, 6.45) is 2.29. The number of piperidine rings is 1. The Bertz CT molecular complexity index is 1350. The first kappa shape index (κ1) is 28.0. The molecule has 0 aliphatic carbocycles. The lowest BCUT2D eigenvalue weighted by atomic mass is 9.96. The van der Waals surface area contributed by atoms with E-state index >= 15 is 0 Å². The molecular formula is C27H31ClN6O5. The number of halogens is 1. The third kappa shape index (κ3) is 7.11. The smallest absolute Gasteiger partial charge is 0.410 e. The van der Waals surface area contributed by atoms with Crippen LogP contribution in [0.3, 0.4) is 0 Å². The van der Waals surface area contributed by atoms with Crippen LogP contribution in [-0.4, -0.2) is 69.7 Å². The predicted octanol–water partition coefficient (Wildman–Crippen LogP) is 4.86. The number of amides is 2. The largest absolute Gasteiger partial charge is 0.480 e. The van der Waals surface area contributed by atoms with Gasteiger partial charge in [0, 0.05) is 42.5 Å². The van der Waals surface area contributed by atoms with Crippen LogP contribution >= 0.6 is 11.6 Å². The number of nitrogens with one attached hydrogen (secondary N) is 1. The van der Waals surface area contributed by atoms with Gasteiger partial charge in [0.05, 0.1) is 25.5 Å². The highest BCUT2D eigenvalue weighted by Crippen LogP contribution is 2.31. The molecule has 39 heavy (non-hydrogen) atoms. The van der Waals surface area contributed by atoms with Crippen LogP contribution in [0.1, 0.15) is 33.6 Å². The van der Waals surface area contributed by atoms with Crippen molar-refractivity contribution in [2.45, 2.75) is 39.2 Å². The number of hydrogen-bond acceptors (Lipinski definition) is 9. The average molecular weight is 555 g/mol. The molecule has 0 spiro atoms. The Kier molecular flexibility index (Phi) is 8.49. The van der Waals surface area contributed by atoms with Crippen LogP contribution in [-0.2, 0) is 9.53 Å². The van der Waals surface area contributed by atoms with Crippen LogP contribution < -0.4 is 14.8 Å². The minimum absolute atomic E-state index is 0.108. The van der Waals surface area contributed by atoms with Crippen LogP contribution in [0.4, 0.5) is 10.5 Å². The summed E-state index contributed by atoms with van der Waals surface area (Å²) >= 11 is 6.33. The molecular weight excluding hydrogens is 524 g/mol. The molecule has 3 aromatic rings. The summed E-state index contributed by atoms with van der Waals surface area (Å²) in [4.78, 5) is 44.3. The predicted molar refractivity (Wildman–Crippen MR) is 146 cm³/mol. The van der Waals surface area contributed by atoms with E-state index in [2.05, 4.69) is 25.3 Å². The van der Waals surface area contributed by atoms with Crippen molar-refractivity contribution in [3.63, 3.8) is 0 Å². The minimum atomic E-state index is -0.557. The second-order valence-electron chi connectivity index (χ2n) is 9.99. The van der Waals surface area contributed by atoms with Gasteiger partial charge in [0.15, 0.2) is 5.82 Å². The first-order valence-corrected chi connectivity index (χ1v) is 12.8. The number of hydrogen-bond donors (Lipinski definition) is 1. The summed E-state index contributed by atoms with van der Waals surface area (Å²) in [6, 6.07) is 8.96. The monoisotopic (exact) mass is 554 g/mol. The third-order valence-corrected chi connectivity index (χ3v) is 6.18. The normalized spacial score (nSPS) is 14.1. The Labute approximate surface area is 231 Å². The zero-order valence-corrected chi connectivity index (χ0v) is 23.3. The van der Waals surface area contributed by atoms with Gasteiger partial charge in [-0.1, -0.05) is 23.7 Å². The molecule has 1 aliphatic rings. The van der Waals surface area contributed by atoms with Crippen LogP contribution in [0, 0.1) is 5.92 Å². The van der Waals surface area contributed by atoms with Crippen LogP contribution in [0.25, 0.3) is 22.6 Å². The maximum atomic E-state index is 13.0. The van der Waals surface area contributed by atoms with Gasteiger partial charge in [-0.25, -0.2) is 19.7 Å². The van der Waals surface area contributed by atoms with Gasteiger partial charge >= 0.3 is 12.1 Å². The second kappa shape index (κ2) is 11.8. The van der Waals surface area contributed by atoms with Crippen molar-refractivity contribution in [1.29, 1.82) is 0 Å². The van der Waals surface area contributed by atoms with Gasteiger partial charge < -0.3 is 24.4 Å². The molecule has 2 amide bonds. The number of carbonyl (C=O) groups excluding carboxylic acids is 2. The number of methoxy groups -OCH3 is 2. The summed E-state index contributed by atoms with van der Waals surface area (Å²) in [5.74, 6) is 0.311. The molecule has 1 fully saturated rings. The van der Waals surface area contributed by atoms with Crippen molar-refractivity contribution >= 4 is 29.3 Å². The van der Waals surface area contributed by atoms with Gasteiger partial charge in [-0.05, 0) is 45.7 Å². The van der Waals surface area contributed by atoms with Crippen molar-refractivity contribution in [2.75, 3.05) is 32.6 Å². The standard InChI is InChI=1S/C27H31ClN6O5/c1-27(2,3)39-26(36)34-11-9-16(10-12-34)23(35)30-18-8-6-7-17(13-18)22-31-20(14-21(28)32-22)19-15-29-25(38-5)33-24(19)37-4/h6-8,13-16H,9-12H2,1-5H3,(H,30,35). The Morgan fingerprint density at radius 1 is 1.05 bits per heavy atom. The van der Waals surface area contributed by atoms with Gasteiger partial charge in [0.1, 0.15) is 10.8 Å². The Balaban J connectivity index is 1.47. The van der Waals surface area contributed by atoms with Crippen LogP contribution in [0.5, 0.6) is 11.9 Å². The van der Waals surface area contributed by atoms with Crippen molar-refractivity contribution in [3.8, 4) is 34.5 Å². The summed E-state index contributed by atoms with van der Waals surface area (Å²) in [5.41, 5.74) is 1.69. The van der Waals surface area contributed by atoms with E-state index in [4.69, 9.17) is 25.8 Å². The minimum Gasteiger partial charge on any atom is -0.480 e. The lowest BCUT2D eigenvalue weighted by molar-refractivity contribution is -0.121. The average Bonchev–Trinajstić information content (AvgIpc) is 2.91. The molecule has 12 heteroatoms. The highest BCUT2D eigenvalue weighted by atomic mass is 35.5. The fourth-order valence-corrected chi connectivity index (χ4v) is 4.28. The quantitative estimate of drug-likeness (QED) is 0.425. The van der Waals surface area contributed by atoms with Gasteiger partial charge in [0.25, 0.3) is 0 Å². The zero-order chi connectivity index (χ0) is 28.2. The summed E-state index contributed by atoms with van der Waals surface area (Å²) in [6.45, 7) is 6.42. The number of anilines is 1. The van der Waals surface area contributed by atoms with E-state index in [1.54, 1.807) is 29.2 Å². The molecule has 3 heterocycles. The van der Waals surface area contributed by atoms with Gasteiger partial charge in [-0.15, -0.1) is 0 Å². The molecule has 1 aliphatic heterocycles. The highest BCUT2D eigenvalue weighted by Gasteiger charge is 2.30. The lowest BCUT2D eigenvalue weighted by Gasteiger charge is -2.32. The summed E-state index contributed by atoms with van der Waals surface area (Å²) in [7, 11) is 2.95. The van der Waals surface area contributed by atoms with Crippen molar-refractivity contribution in [3.05, 3.63) is 41.7 Å². The zero-order valence-electron chi connectivity index (χ0n) is 22.5.